The average Bonchev–Trinajstić information content (AvgIpc) is 3.18. The molecule has 0 aromatic carbocycles. The van der Waals surface area contributed by atoms with Crippen LogP contribution in [0, 0.1) is 25.7 Å². The first-order valence-electron chi connectivity index (χ1n) is 11.2. The van der Waals surface area contributed by atoms with Gasteiger partial charge >= 0.3 is 5.69 Å². The molecule has 4 heterocycles. The second-order valence-electron chi connectivity index (χ2n) is 8.47. The monoisotopic (exact) mass is 450 g/mol. The zero-order chi connectivity index (χ0) is 23.7. The van der Waals surface area contributed by atoms with Gasteiger partial charge in [-0.05, 0) is 46.7 Å². The Hall–Kier alpha value is -3.45. The number of rotatable bonds is 5. The molecule has 10 nitrogen and oxygen atoms in total. The molecule has 0 spiro atoms. The Bertz CT molecular complexity index is 1350. The maximum absolute atomic E-state index is 13.6. The van der Waals surface area contributed by atoms with Crippen molar-refractivity contribution >= 4 is 17.1 Å². The van der Waals surface area contributed by atoms with Gasteiger partial charge in [-0.25, -0.2) is 14.8 Å². The van der Waals surface area contributed by atoms with Gasteiger partial charge in [0.15, 0.2) is 11.2 Å². The van der Waals surface area contributed by atoms with Crippen LogP contribution in [0.2, 0.25) is 0 Å². The second-order valence-corrected chi connectivity index (χ2v) is 8.47. The number of piperidine rings is 1. The van der Waals surface area contributed by atoms with Crippen LogP contribution < -0.4 is 21.5 Å². The SMILES string of the molecule is CC#CCn1c(N2CCC[C@@H](NC)C2)nc2c1c(=O)n(Cc1nc(C)cc(C)n1)c(=O)n2C. The van der Waals surface area contributed by atoms with Crippen LogP contribution in [0.5, 0.6) is 0 Å². The van der Waals surface area contributed by atoms with Gasteiger partial charge in [0.1, 0.15) is 5.82 Å². The Labute approximate surface area is 192 Å². The van der Waals surface area contributed by atoms with E-state index in [4.69, 9.17) is 4.98 Å². The number of imidazole rings is 1. The summed E-state index contributed by atoms with van der Waals surface area (Å²) in [5, 5.41) is 3.34. The minimum Gasteiger partial charge on any atom is -0.341 e. The van der Waals surface area contributed by atoms with Crippen LogP contribution in [0.3, 0.4) is 0 Å². The molecule has 0 amide bonds. The molecule has 1 atom stereocenters. The molecule has 174 valence electrons. The molecule has 0 unspecified atom stereocenters. The van der Waals surface area contributed by atoms with Crippen LogP contribution in [0.25, 0.3) is 11.2 Å². The van der Waals surface area contributed by atoms with E-state index in [0.717, 1.165) is 37.3 Å². The summed E-state index contributed by atoms with van der Waals surface area (Å²) in [6, 6.07) is 2.20. The van der Waals surface area contributed by atoms with Gasteiger partial charge in [0.2, 0.25) is 5.95 Å². The third-order valence-electron chi connectivity index (χ3n) is 6.07. The van der Waals surface area contributed by atoms with E-state index in [9.17, 15) is 9.59 Å². The van der Waals surface area contributed by atoms with Crippen LogP contribution in [0.15, 0.2) is 15.7 Å². The van der Waals surface area contributed by atoms with E-state index >= 15 is 0 Å². The number of anilines is 1. The molecule has 10 heteroatoms. The third-order valence-corrected chi connectivity index (χ3v) is 6.07. The van der Waals surface area contributed by atoms with Crippen LogP contribution in [0.1, 0.15) is 37.0 Å². The normalized spacial score (nSPS) is 16.2. The maximum Gasteiger partial charge on any atom is 0.332 e. The van der Waals surface area contributed by atoms with Crippen molar-refractivity contribution < 1.29 is 0 Å². The van der Waals surface area contributed by atoms with Crippen molar-refractivity contribution in [1.29, 1.82) is 0 Å². The van der Waals surface area contributed by atoms with Crippen molar-refractivity contribution in [3.63, 3.8) is 0 Å². The molecule has 0 aliphatic carbocycles. The summed E-state index contributed by atoms with van der Waals surface area (Å²) < 4.78 is 4.45. The van der Waals surface area contributed by atoms with Crippen molar-refractivity contribution in [3.05, 3.63) is 44.1 Å². The van der Waals surface area contributed by atoms with Gasteiger partial charge in [-0.15, -0.1) is 5.92 Å². The Kier molecular flexibility index (Phi) is 6.33. The van der Waals surface area contributed by atoms with Gasteiger partial charge < -0.3 is 10.2 Å². The molecule has 1 aliphatic heterocycles. The molecule has 33 heavy (non-hydrogen) atoms. The van der Waals surface area contributed by atoms with Crippen molar-refractivity contribution in [1.82, 2.24) is 34.0 Å². The number of nitrogens with zero attached hydrogens (tertiary/aromatic N) is 7. The fourth-order valence-corrected chi connectivity index (χ4v) is 4.45. The van der Waals surface area contributed by atoms with E-state index < -0.39 is 11.2 Å². The summed E-state index contributed by atoms with van der Waals surface area (Å²) in [5.74, 6) is 7.07. The number of nitrogens with one attached hydrogen (secondary N) is 1. The Balaban J connectivity index is 1.91. The predicted octanol–water partition coefficient (Wildman–Crippen LogP) is 0.563. The first kappa shape index (κ1) is 22.7. The maximum atomic E-state index is 13.6. The Morgan fingerprint density at radius 2 is 1.88 bits per heavy atom. The molecule has 3 aromatic rings. The quantitative estimate of drug-likeness (QED) is 0.567. The van der Waals surface area contributed by atoms with Crippen molar-refractivity contribution in [3.8, 4) is 11.8 Å². The first-order valence-corrected chi connectivity index (χ1v) is 11.2. The van der Waals surface area contributed by atoms with Gasteiger partial charge in [-0.1, -0.05) is 5.92 Å². The molecule has 1 fully saturated rings. The highest BCUT2D eigenvalue weighted by molar-refractivity contribution is 5.75. The summed E-state index contributed by atoms with van der Waals surface area (Å²) in [4.78, 5) is 42.5. The van der Waals surface area contributed by atoms with Crippen LogP contribution in [0.4, 0.5) is 5.95 Å². The zero-order valence-corrected chi connectivity index (χ0v) is 19.8. The average molecular weight is 451 g/mol. The highest BCUT2D eigenvalue weighted by atomic mass is 16.2. The summed E-state index contributed by atoms with van der Waals surface area (Å²) in [6.45, 7) is 7.42. The van der Waals surface area contributed by atoms with Crippen LogP contribution >= 0.6 is 0 Å². The van der Waals surface area contributed by atoms with Gasteiger partial charge in [0, 0.05) is 37.6 Å². The van der Waals surface area contributed by atoms with Crippen LogP contribution in [-0.2, 0) is 20.1 Å². The first-order chi connectivity index (χ1) is 15.8. The summed E-state index contributed by atoms with van der Waals surface area (Å²) >= 11 is 0. The van der Waals surface area contributed by atoms with Crippen molar-refractivity contribution in [2.24, 2.45) is 7.05 Å². The van der Waals surface area contributed by atoms with Gasteiger partial charge in [0.25, 0.3) is 5.56 Å². The van der Waals surface area contributed by atoms with Gasteiger partial charge in [0.05, 0.1) is 13.1 Å². The zero-order valence-electron chi connectivity index (χ0n) is 19.8. The molecule has 1 aliphatic rings. The highest BCUT2D eigenvalue weighted by Crippen LogP contribution is 2.23. The Morgan fingerprint density at radius 3 is 2.55 bits per heavy atom. The number of hydrogen-bond donors (Lipinski definition) is 1. The fraction of sp³-hybridized carbons (Fsp3) is 0.522. The van der Waals surface area contributed by atoms with E-state index in [1.165, 1.54) is 9.13 Å². The van der Waals surface area contributed by atoms with Crippen molar-refractivity contribution in [2.75, 3.05) is 25.0 Å². The lowest BCUT2D eigenvalue weighted by molar-refractivity contribution is 0.443. The highest BCUT2D eigenvalue weighted by Gasteiger charge is 2.26. The molecule has 0 radical (unpaired) electrons. The van der Waals surface area contributed by atoms with Crippen molar-refractivity contribution in [2.45, 2.75) is 52.7 Å². The third kappa shape index (κ3) is 4.28. The minimum atomic E-state index is -0.445. The molecular formula is C23H30N8O2. The molecule has 1 saturated heterocycles. The topological polar surface area (TPSA) is 103 Å². The van der Waals surface area contributed by atoms with Crippen LogP contribution in [-0.4, -0.2) is 54.8 Å². The van der Waals surface area contributed by atoms with Gasteiger partial charge in [-0.2, -0.15) is 4.98 Å². The lowest BCUT2D eigenvalue weighted by Gasteiger charge is -2.33. The minimum absolute atomic E-state index is 0.00448. The number of likely N-dealkylation sites (N-methyl/N-ethyl adjacent to an activating group) is 1. The number of fused-ring (bicyclic) bond motifs is 1. The van der Waals surface area contributed by atoms with E-state index in [0.29, 0.717) is 35.5 Å². The van der Waals surface area contributed by atoms with E-state index in [2.05, 4.69) is 32.0 Å². The molecule has 3 aromatic heterocycles. The second kappa shape index (κ2) is 9.19. The molecule has 0 bridgehead atoms. The molecule has 1 N–H and O–H groups in total. The predicted molar refractivity (Wildman–Crippen MR) is 128 cm³/mol. The van der Waals surface area contributed by atoms with E-state index in [-0.39, 0.29) is 6.54 Å². The molecule has 0 saturated carbocycles. The Morgan fingerprint density at radius 1 is 1.15 bits per heavy atom. The summed E-state index contributed by atoms with van der Waals surface area (Å²) in [5.41, 5.74) is 1.46. The summed E-state index contributed by atoms with van der Waals surface area (Å²) in [6.07, 6.45) is 2.10. The molecule has 4 rings (SSSR count). The number of aromatic nitrogens is 6. The lowest BCUT2D eigenvalue weighted by atomic mass is 10.1. The standard InChI is InChI=1S/C23H30N8O2/c1-6-7-11-30-19-20(27-22(30)29-10-8-9-17(13-29)24-4)28(5)23(33)31(21(19)32)14-18-25-15(2)12-16(3)26-18/h12,17,24H,8-11,13-14H2,1-5H3/t17-/m1/s1. The lowest BCUT2D eigenvalue weighted by Crippen LogP contribution is -2.45. The summed E-state index contributed by atoms with van der Waals surface area (Å²) in [7, 11) is 3.60. The van der Waals surface area contributed by atoms with Gasteiger partial charge in [-0.3, -0.25) is 18.5 Å². The van der Waals surface area contributed by atoms with E-state index in [1.54, 1.807) is 14.0 Å². The molecular weight excluding hydrogens is 420 g/mol. The number of hydrogen-bond acceptors (Lipinski definition) is 7. The van der Waals surface area contributed by atoms with E-state index in [1.807, 2.05) is 31.5 Å². The largest absolute Gasteiger partial charge is 0.341 e. The fourth-order valence-electron chi connectivity index (χ4n) is 4.45. The smallest absolute Gasteiger partial charge is 0.332 e. The number of aryl methyl sites for hydroxylation is 3.